The molecule has 1 aliphatic heterocycles. The number of benzene rings is 2. The van der Waals surface area contributed by atoms with Gasteiger partial charge in [-0.05, 0) is 81.9 Å². The minimum Gasteiger partial charge on any atom is -0.370 e. The van der Waals surface area contributed by atoms with Gasteiger partial charge in [0.1, 0.15) is 0 Å². The second-order valence-corrected chi connectivity index (χ2v) is 9.28. The highest BCUT2D eigenvalue weighted by molar-refractivity contribution is 6.05. The van der Waals surface area contributed by atoms with E-state index in [4.69, 9.17) is 0 Å². The molecular weight excluding hydrogens is 400 g/mol. The highest BCUT2D eigenvalue weighted by Gasteiger charge is 2.26. The predicted molar refractivity (Wildman–Crippen MR) is 131 cm³/mol. The third-order valence-corrected chi connectivity index (χ3v) is 6.94. The van der Waals surface area contributed by atoms with Crippen LogP contribution in [0.4, 0.5) is 17.1 Å². The van der Waals surface area contributed by atoms with Crippen LogP contribution in [0.15, 0.2) is 48.5 Å². The molecule has 4 rings (SSSR count). The van der Waals surface area contributed by atoms with Crippen LogP contribution in [0.5, 0.6) is 0 Å². The number of likely N-dealkylation sites (N-methyl/N-ethyl adjacent to an activating group) is 1. The Kier molecular flexibility index (Phi) is 6.80. The van der Waals surface area contributed by atoms with E-state index in [0.717, 1.165) is 50.1 Å². The molecule has 1 unspecified atom stereocenters. The molecule has 1 saturated carbocycles. The summed E-state index contributed by atoms with van der Waals surface area (Å²) < 4.78 is 0. The SMILES string of the molecule is CN(C(=O)C1CCCC1)c1ccc(C(=O)Nc2ccc(N3CCC(N(C)C)C3)cc2)cc1. The van der Waals surface area contributed by atoms with Crippen molar-refractivity contribution < 1.29 is 9.59 Å². The van der Waals surface area contributed by atoms with Gasteiger partial charge >= 0.3 is 0 Å². The molecule has 1 heterocycles. The molecule has 2 amide bonds. The van der Waals surface area contributed by atoms with E-state index in [1.165, 1.54) is 12.1 Å². The van der Waals surface area contributed by atoms with Crippen LogP contribution in [0.25, 0.3) is 0 Å². The van der Waals surface area contributed by atoms with Crippen LogP contribution in [-0.2, 0) is 4.79 Å². The second kappa shape index (κ2) is 9.74. The van der Waals surface area contributed by atoms with E-state index in [1.54, 1.807) is 17.0 Å². The molecule has 32 heavy (non-hydrogen) atoms. The Morgan fingerprint density at radius 1 is 0.906 bits per heavy atom. The van der Waals surface area contributed by atoms with Crippen molar-refractivity contribution in [1.82, 2.24) is 4.90 Å². The first-order valence-corrected chi connectivity index (χ1v) is 11.6. The Labute approximate surface area is 191 Å². The maximum absolute atomic E-state index is 12.7. The Morgan fingerprint density at radius 2 is 1.56 bits per heavy atom. The number of nitrogens with zero attached hydrogens (tertiary/aromatic N) is 3. The topological polar surface area (TPSA) is 55.9 Å². The lowest BCUT2D eigenvalue weighted by Crippen LogP contribution is -2.31. The van der Waals surface area contributed by atoms with Crippen molar-refractivity contribution in [2.45, 2.75) is 38.1 Å². The molecule has 0 aromatic heterocycles. The monoisotopic (exact) mass is 434 g/mol. The number of carbonyl (C=O) groups is 2. The molecule has 0 bridgehead atoms. The zero-order chi connectivity index (χ0) is 22.7. The predicted octanol–water partition coefficient (Wildman–Crippen LogP) is 4.23. The lowest BCUT2D eigenvalue weighted by molar-refractivity contribution is -0.121. The summed E-state index contributed by atoms with van der Waals surface area (Å²) in [7, 11) is 6.08. The largest absolute Gasteiger partial charge is 0.370 e. The van der Waals surface area contributed by atoms with E-state index in [1.807, 2.05) is 31.3 Å². The summed E-state index contributed by atoms with van der Waals surface area (Å²) >= 11 is 0. The number of carbonyl (C=O) groups excluding carboxylic acids is 2. The molecule has 170 valence electrons. The summed E-state index contributed by atoms with van der Waals surface area (Å²) in [4.78, 5) is 31.7. The molecule has 0 spiro atoms. The Bertz CT molecular complexity index is 933. The summed E-state index contributed by atoms with van der Waals surface area (Å²) in [6.45, 7) is 2.08. The summed E-state index contributed by atoms with van der Waals surface area (Å²) in [6.07, 6.45) is 5.41. The van der Waals surface area contributed by atoms with E-state index in [0.29, 0.717) is 11.6 Å². The Balaban J connectivity index is 1.34. The van der Waals surface area contributed by atoms with Gasteiger partial charge < -0.3 is 20.0 Å². The number of rotatable bonds is 6. The van der Waals surface area contributed by atoms with Crippen molar-refractivity contribution in [2.24, 2.45) is 5.92 Å². The molecule has 1 aliphatic carbocycles. The van der Waals surface area contributed by atoms with Crippen molar-refractivity contribution in [3.05, 3.63) is 54.1 Å². The Morgan fingerprint density at radius 3 is 2.16 bits per heavy atom. The van der Waals surface area contributed by atoms with Crippen molar-refractivity contribution in [3.8, 4) is 0 Å². The fourth-order valence-electron chi connectivity index (χ4n) is 4.77. The van der Waals surface area contributed by atoms with Crippen molar-refractivity contribution >= 4 is 28.9 Å². The average Bonchev–Trinajstić information content (AvgIpc) is 3.51. The van der Waals surface area contributed by atoms with Gasteiger partial charge in [-0.3, -0.25) is 9.59 Å². The highest BCUT2D eigenvalue weighted by atomic mass is 16.2. The lowest BCUT2D eigenvalue weighted by atomic mass is 10.1. The smallest absolute Gasteiger partial charge is 0.255 e. The summed E-state index contributed by atoms with van der Waals surface area (Å²) in [6, 6.07) is 15.9. The standard InChI is InChI=1S/C26H34N4O2/c1-28(2)24-16-17-30(18-24)23-14-10-21(11-15-23)27-25(31)19-8-12-22(13-9-19)29(3)26(32)20-6-4-5-7-20/h8-15,20,24H,4-7,16-18H2,1-3H3,(H,27,31). The van der Waals surface area contributed by atoms with Gasteiger partial charge in [0.2, 0.25) is 5.91 Å². The summed E-state index contributed by atoms with van der Waals surface area (Å²) in [5, 5.41) is 2.97. The molecule has 2 aromatic rings. The molecule has 2 aromatic carbocycles. The van der Waals surface area contributed by atoms with Crippen LogP contribution in [0, 0.1) is 5.92 Å². The third kappa shape index (κ3) is 4.96. The number of nitrogens with one attached hydrogen (secondary N) is 1. The number of hydrogen-bond acceptors (Lipinski definition) is 4. The van der Waals surface area contributed by atoms with Crippen molar-refractivity contribution in [3.63, 3.8) is 0 Å². The minimum atomic E-state index is -0.150. The van der Waals surface area contributed by atoms with Crippen molar-refractivity contribution in [1.29, 1.82) is 0 Å². The van der Waals surface area contributed by atoms with Crippen LogP contribution in [0.3, 0.4) is 0 Å². The van der Waals surface area contributed by atoms with Gasteiger partial charge in [0, 0.05) is 54.7 Å². The first-order chi connectivity index (χ1) is 15.4. The number of amides is 2. The molecule has 2 fully saturated rings. The summed E-state index contributed by atoms with van der Waals surface area (Å²) in [5.41, 5.74) is 3.36. The number of anilines is 3. The molecular formula is C26H34N4O2. The van der Waals surface area contributed by atoms with E-state index in [9.17, 15) is 9.59 Å². The Hall–Kier alpha value is -2.86. The highest BCUT2D eigenvalue weighted by Crippen LogP contribution is 2.28. The van der Waals surface area contributed by atoms with Gasteiger partial charge in [0.15, 0.2) is 0 Å². The quantitative estimate of drug-likeness (QED) is 0.739. The zero-order valence-electron chi connectivity index (χ0n) is 19.4. The maximum atomic E-state index is 12.7. The van der Waals surface area contributed by atoms with E-state index in [2.05, 4.69) is 41.3 Å². The first kappa shape index (κ1) is 22.3. The maximum Gasteiger partial charge on any atom is 0.255 e. The van der Waals surface area contributed by atoms with E-state index >= 15 is 0 Å². The van der Waals surface area contributed by atoms with E-state index in [-0.39, 0.29) is 17.7 Å². The normalized spacial score (nSPS) is 18.9. The molecule has 6 nitrogen and oxygen atoms in total. The number of hydrogen-bond donors (Lipinski definition) is 1. The lowest BCUT2D eigenvalue weighted by Gasteiger charge is -2.22. The van der Waals surface area contributed by atoms with Gasteiger partial charge in [-0.1, -0.05) is 12.8 Å². The van der Waals surface area contributed by atoms with Gasteiger partial charge in [-0.25, -0.2) is 0 Å². The fraction of sp³-hybridized carbons (Fsp3) is 0.462. The van der Waals surface area contributed by atoms with Crippen LogP contribution in [-0.4, -0.2) is 57.0 Å². The molecule has 1 atom stereocenters. The van der Waals surface area contributed by atoms with Crippen molar-refractivity contribution in [2.75, 3.05) is 49.3 Å². The molecule has 6 heteroatoms. The molecule has 2 aliphatic rings. The fourth-order valence-corrected chi connectivity index (χ4v) is 4.77. The second-order valence-electron chi connectivity index (χ2n) is 9.28. The van der Waals surface area contributed by atoms with Crippen LogP contribution in [0.1, 0.15) is 42.5 Å². The molecule has 0 radical (unpaired) electrons. The van der Waals surface area contributed by atoms with E-state index < -0.39 is 0 Å². The summed E-state index contributed by atoms with van der Waals surface area (Å²) in [5.74, 6) is 0.165. The minimum absolute atomic E-state index is 0.139. The van der Waals surface area contributed by atoms with Gasteiger partial charge in [-0.15, -0.1) is 0 Å². The van der Waals surface area contributed by atoms with Gasteiger partial charge in [-0.2, -0.15) is 0 Å². The van der Waals surface area contributed by atoms with Crippen LogP contribution >= 0.6 is 0 Å². The van der Waals surface area contributed by atoms with Gasteiger partial charge in [0.25, 0.3) is 5.91 Å². The van der Waals surface area contributed by atoms with Gasteiger partial charge in [0.05, 0.1) is 0 Å². The first-order valence-electron chi connectivity index (χ1n) is 11.6. The molecule has 1 saturated heterocycles. The zero-order valence-corrected chi connectivity index (χ0v) is 19.4. The van der Waals surface area contributed by atoms with Crippen LogP contribution in [0.2, 0.25) is 0 Å². The van der Waals surface area contributed by atoms with Crippen LogP contribution < -0.4 is 15.1 Å². The third-order valence-electron chi connectivity index (χ3n) is 6.94. The molecule has 1 N–H and O–H groups in total. The average molecular weight is 435 g/mol.